The maximum Gasteiger partial charge on any atom is 0.490 e. The Morgan fingerprint density at radius 2 is 1.70 bits per heavy atom. The highest BCUT2D eigenvalue weighted by molar-refractivity contribution is 5.99. The first-order valence-electron chi connectivity index (χ1n) is 11.0. The van der Waals surface area contributed by atoms with Crippen LogP contribution in [-0.4, -0.2) is 42.5 Å². The molecule has 5 rings (SSSR count). The standard InChI is InChI=1S/C24H19N5O.C2HF3O2/c30-24(27-16-19-15-26-14-18-7-1-2-8-20(18)19)23-21-9-3-4-11-29(21)22(28-23)12-17-6-5-10-25-13-17;3-2(4,5)1(6)7/h1-11,13-15H,12,16H2,(H,27,30);(H,6,7). The highest BCUT2D eigenvalue weighted by Crippen LogP contribution is 2.19. The molecule has 0 aliphatic heterocycles. The molecule has 0 unspecified atom stereocenters. The number of benzene rings is 1. The van der Waals surface area contributed by atoms with E-state index in [0.717, 1.165) is 33.2 Å². The number of amides is 1. The third-order valence-electron chi connectivity index (χ3n) is 5.35. The van der Waals surface area contributed by atoms with Gasteiger partial charge < -0.3 is 14.8 Å². The number of carboxylic acid groups (broad SMARTS) is 1. The van der Waals surface area contributed by atoms with E-state index in [0.29, 0.717) is 18.7 Å². The minimum atomic E-state index is -5.08. The molecule has 1 aromatic carbocycles. The Balaban J connectivity index is 0.000000405. The number of imidazole rings is 1. The summed E-state index contributed by atoms with van der Waals surface area (Å²) in [6, 6.07) is 17.7. The van der Waals surface area contributed by atoms with Gasteiger partial charge in [-0.15, -0.1) is 0 Å². The molecule has 0 aliphatic carbocycles. The lowest BCUT2D eigenvalue weighted by atomic mass is 10.1. The van der Waals surface area contributed by atoms with Gasteiger partial charge in [-0.1, -0.05) is 36.4 Å². The summed E-state index contributed by atoms with van der Waals surface area (Å²) < 4.78 is 33.7. The van der Waals surface area contributed by atoms with Crippen LogP contribution in [0.3, 0.4) is 0 Å². The van der Waals surface area contributed by atoms with Crippen LogP contribution in [0.2, 0.25) is 0 Å². The second kappa shape index (κ2) is 10.9. The molecule has 37 heavy (non-hydrogen) atoms. The number of pyridine rings is 3. The van der Waals surface area contributed by atoms with Gasteiger partial charge in [-0.3, -0.25) is 14.8 Å². The summed E-state index contributed by atoms with van der Waals surface area (Å²) >= 11 is 0. The van der Waals surface area contributed by atoms with Crippen LogP contribution in [0.25, 0.3) is 16.3 Å². The zero-order valence-electron chi connectivity index (χ0n) is 19.2. The maximum atomic E-state index is 13.0. The van der Waals surface area contributed by atoms with Crippen molar-refractivity contribution in [2.45, 2.75) is 19.1 Å². The van der Waals surface area contributed by atoms with E-state index in [1.54, 1.807) is 12.4 Å². The Bertz CT molecular complexity index is 1550. The van der Waals surface area contributed by atoms with Crippen LogP contribution in [0.5, 0.6) is 0 Å². The molecule has 0 radical (unpaired) electrons. The zero-order chi connectivity index (χ0) is 26.4. The molecule has 8 nitrogen and oxygen atoms in total. The highest BCUT2D eigenvalue weighted by atomic mass is 19.4. The van der Waals surface area contributed by atoms with Crippen molar-refractivity contribution in [2.75, 3.05) is 0 Å². The van der Waals surface area contributed by atoms with E-state index >= 15 is 0 Å². The first-order chi connectivity index (χ1) is 17.7. The number of carbonyl (C=O) groups excluding carboxylic acids is 1. The smallest absolute Gasteiger partial charge is 0.475 e. The molecule has 11 heteroatoms. The molecule has 0 aliphatic rings. The van der Waals surface area contributed by atoms with Gasteiger partial charge in [-0.2, -0.15) is 13.2 Å². The number of rotatable bonds is 5. The van der Waals surface area contributed by atoms with Crippen molar-refractivity contribution < 1.29 is 27.9 Å². The van der Waals surface area contributed by atoms with Gasteiger partial charge >= 0.3 is 12.1 Å². The van der Waals surface area contributed by atoms with E-state index in [2.05, 4.69) is 20.3 Å². The number of alkyl halides is 3. The van der Waals surface area contributed by atoms with Crippen LogP contribution in [0.1, 0.15) is 27.4 Å². The molecule has 0 atom stereocenters. The van der Waals surface area contributed by atoms with Gasteiger partial charge in [0.05, 0.1) is 5.52 Å². The summed E-state index contributed by atoms with van der Waals surface area (Å²) in [6.45, 7) is 0.386. The first kappa shape index (κ1) is 25.3. The first-order valence-corrected chi connectivity index (χ1v) is 11.0. The van der Waals surface area contributed by atoms with Gasteiger partial charge in [0.25, 0.3) is 5.91 Å². The number of hydrogen-bond donors (Lipinski definition) is 2. The third kappa shape index (κ3) is 6.07. The predicted molar refractivity (Wildman–Crippen MR) is 129 cm³/mol. The number of fused-ring (bicyclic) bond motifs is 2. The lowest BCUT2D eigenvalue weighted by Gasteiger charge is -2.07. The van der Waals surface area contributed by atoms with E-state index in [1.807, 2.05) is 77.6 Å². The molecule has 1 amide bonds. The second-order valence-corrected chi connectivity index (χ2v) is 7.88. The van der Waals surface area contributed by atoms with E-state index < -0.39 is 12.1 Å². The van der Waals surface area contributed by atoms with Crippen LogP contribution in [0.15, 0.2) is 85.6 Å². The van der Waals surface area contributed by atoms with Crippen molar-refractivity contribution in [1.29, 1.82) is 0 Å². The average Bonchev–Trinajstić information content (AvgIpc) is 3.26. The number of hydrogen-bond acceptors (Lipinski definition) is 5. The van der Waals surface area contributed by atoms with E-state index in [1.165, 1.54) is 0 Å². The number of nitrogens with zero attached hydrogens (tertiary/aromatic N) is 4. The number of carbonyl (C=O) groups is 2. The Morgan fingerprint density at radius 1 is 0.946 bits per heavy atom. The van der Waals surface area contributed by atoms with Gasteiger partial charge in [0, 0.05) is 49.3 Å². The normalized spacial score (nSPS) is 11.1. The predicted octanol–water partition coefficient (Wildman–Crippen LogP) is 4.43. The summed E-state index contributed by atoms with van der Waals surface area (Å²) in [5.41, 5.74) is 3.22. The second-order valence-electron chi connectivity index (χ2n) is 7.88. The molecule has 0 bridgehead atoms. The Morgan fingerprint density at radius 3 is 2.43 bits per heavy atom. The number of carboxylic acids is 1. The molecule has 0 saturated carbocycles. The summed E-state index contributed by atoms with van der Waals surface area (Å²) in [4.78, 5) is 35.0. The largest absolute Gasteiger partial charge is 0.490 e. The monoisotopic (exact) mass is 507 g/mol. The van der Waals surface area contributed by atoms with Crippen molar-refractivity contribution in [3.63, 3.8) is 0 Å². The molecule has 0 fully saturated rings. The van der Waals surface area contributed by atoms with Crippen LogP contribution in [-0.2, 0) is 17.8 Å². The number of halogens is 3. The van der Waals surface area contributed by atoms with E-state index in [4.69, 9.17) is 9.90 Å². The van der Waals surface area contributed by atoms with Crippen molar-refractivity contribution in [2.24, 2.45) is 0 Å². The maximum absolute atomic E-state index is 13.0. The molecule has 2 N–H and O–H groups in total. The molecule has 188 valence electrons. The third-order valence-corrected chi connectivity index (χ3v) is 5.35. The van der Waals surface area contributed by atoms with Crippen LogP contribution < -0.4 is 5.32 Å². The average molecular weight is 507 g/mol. The summed E-state index contributed by atoms with van der Waals surface area (Å²) in [5.74, 6) is -2.16. The highest BCUT2D eigenvalue weighted by Gasteiger charge is 2.38. The number of aliphatic carboxylic acids is 1. The summed E-state index contributed by atoms with van der Waals surface area (Å²) in [5, 5.41) is 12.3. The van der Waals surface area contributed by atoms with Gasteiger partial charge in [-0.25, -0.2) is 9.78 Å². The Kier molecular flexibility index (Phi) is 7.42. The van der Waals surface area contributed by atoms with Crippen molar-refractivity contribution in [1.82, 2.24) is 24.7 Å². The van der Waals surface area contributed by atoms with Gasteiger partial charge in [-0.05, 0) is 34.7 Å². The van der Waals surface area contributed by atoms with Crippen molar-refractivity contribution in [3.8, 4) is 0 Å². The molecule has 0 spiro atoms. The Hall–Kier alpha value is -4.80. The van der Waals surface area contributed by atoms with E-state index in [-0.39, 0.29) is 5.91 Å². The molecular weight excluding hydrogens is 487 g/mol. The van der Waals surface area contributed by atoms with Crippen LogP contribution >= 0.6 is 0 Å². The lowest BCUT2D eigenvalue weighted by Crippen LogP contribution is -2.23. The minimum Gasteiger partial charge on any atom is -0.475 e. The quantitative estimate of drug-likeness (QED) is 0.364. The lowest BCUT2D eigenvalue weighted by molar-refractivity contribution is -0.192. The van der Waals surface area contributed by atoms with E-state index in [9.17, 15) is 18.0 Å². The molecule has 0 saturated heterocycles. The molecular formula is C26H20F3N5O3. The number of aromatic nitrogens is 4. The van der Waals surface area contributed by atoms with Gasteiger partial charge in [0.15, 0.2) is 5.69 Å². The molecule has 4 heterocycles. The SMILES string of the molecule is O=C(NCc1cncc2ccccc12)c1nc(Cc2cccnc2)n2ccccc12.O=C(O)C(F)(F)F. The van der Waals surface area contributed by atoms with Crippen molar-refractivity contribution >= 4 is 28.2 Å². The minimum absolute atomic E-state index is 0.205. The van der Waals surface area contributed by atoms with Gasteiger partial charge in [0.2, 0.25) is 0 Å². The van der Waals surface area contributed by atoms with Crippen LogP contribution in [0, 0.1) is 0 Å². The zero-order valence-corrected chi connectivity index (χ0v) is 19.2. The fourth-order valence-corrected chi connectivity index (χ4v) is 3.66. The van der Waals surface area contributed by atoms with Crippen LogP contribution in [0.4, 0.5) is 13.2 Å². The fraction of sp³-hybridized carbons (Fsp3) is 0.115. The van der Waals surface area contributed by atoms with Crippen molar-refractivity contribution in [3.05, 3.63) is 108 Å². The Labute approximate surface area is 208 Å². The number of nitrogens with one attached hydrogen (secondary N) is 1. The molecule has 5 aromatic rings. The fourth-order valence-electron chi connectivity index (χ4n) is 3.66. The topological polar surface area (TPSA) is 109 Å². The molecule has 4 aromatic heterocycles. The summed E-state index contributed by atoms with van der Waals surface area (Å²) in [6.07, 6.45) is 4.63. The van der Waals surface area contributed by atoms with Gasteiger partial charge in [0.1, 0.15) is 5.82 Å². The summed E-state index contributed by atoms with van der Waals surface area (Å²) in [7, 11) is 0.